The summed E-state index contributed by atoms with van der Waals surface area (Å²) in [6, 6.07) is 9.89. The van der Waals surface area contributed by atoms with Crippen molar-refractivity contribution >= 4 is 17.3 Å². The molecule has 0 aliphatic heterocycles. The molecular formula is C16H20N4O. The van der Waals surface area contributed by atoms with Crippen LogP contribution < -0.4 is 15.0 Å². The first-order chi connectivity index (χ1) is 10.2. The monoisotopic (exact) mass is 284 g/mol. The molecule has 1 fully saturated rings. The van der Waals surface area contributed by atoms with E-state index in [9.17, 15) is 0 Å². The average molecular weight is 284 g/mol. The maximum absolute atomic E-state index is 5.43. The zero-order chi connectivity index (χ0) is 14.8. The molecule has 0 spiro atoms. The molecule has 0 saturated heterocycles. The number of hydrogen-bond acceptors (Lipinski definition) is 5. The third-order valence-electron chi connectivity index (χ3n) is 3.72. The van der Waals surface area contributed by atoms with Crippen molar-refractivity contribution in [3.63, 3.8) is 0 Å². The highest BCUT2D eigenvalue weighted by molar-refractivity contribution is 5.67. The summed E-state index contributed by atoms with van der Waals surface area (Å²) in [5.74, 6) is 4.00. The summed E-state index contributed by atoms with van der Waals surface area (Å²) in [6.45, 7) is 0. The van der Waals surface area contributed by atoms with Gasteiger partial charge in [-0.15, -0.1) is 0 Å². The topological polar surface area (TPSA) is 50.3 Å². The maximum atomic E-state index is 5.43. The van der Waals surface area contributed by atoms with Crippen molar-refractivity contribution in [3.05, 3.63) is 36.2 Å². The quantitative estimate of drug-likeness (QED) is 0.914. The van der Waals surface area contributed by atoms with Crippen LogP contribution in [0.2, 0.25) is 0 Å². The Morgan fingerprint density at radius 3 is 2.67 bits per heavy atom. The minimum Gasteiger partial charge on any atom is -0.495 e. The van der Waals surface area contributed by atoms with Crippen LogP contribution >= 0.6 is 0 Å². The van der Waals surface area contributed by atoms with Gasteiger partial charge in [0.25, 0.3) is 0 Å². The van der Waals surface area contributed by atoms with Crippen LogP contribution in [0.15, 0.2) is 30.3 Å². The molecule has 5 nitrogen and oxygen atoms in total. The van der Waals surface area contributed by atoms with Crippen LogP contribution in [-0.4, -0.2) is 31.2 Å². The molecular weight excluding hydrogens is 264 g/mol. The van der Waals surface area contributed by atoms with Crippen molar-refractivity contribution in [1.82, 2.24) is 9.97 Å². The van der Waals surface area contributed by atoms with E-state index in [1.807, 2.05) is 49.3 Å². The van der Waals surface area contributed by atoms with Gasteiger partial charge in [-0.05, 0) is 25.0 Å². The fourth-order valence-corrected chi connectivity index (χ4v) is 2.31. The Bertz CT molecular complexity index is 640. The number of ether oxygens (including phenoxy) is 1. The summed E-state index contributed by atoms with van der Waals surface area (Å²) in [4.78, 5) is 11.3. The lowest BCUT2D eigenvalue weighted by molar-refractivity contribution is 0.415. The number of nitrogens with zero attached hydrogens (tertiary/aromatic N) is 3. The summed E-state index contributed by atoms with van der Waals surface area (Å²) < 4.78 is 5.43. The molecule has 1 saturated carbocycles. The minimum atomic E-state index is 0.517. The van der Waals surface area contributed by atoms with Gasteiger partial charge in [-0.25, -0.2) is 9.97 Å². The Labute approximate surface area is 125 Å². The second kappa shape index (κ2) is 5.60. The van der Waals surface area contributed by atoms with Crippen molar-refractivity contribution in [2.45, 2.75) is 18.8 Å². The Morgan fingerprint density at radius 2 is 2.00 bits per heavy atom. The molecule has 1 aromatic carbocycles. The van der Waals surface area contributed by atoms with Crippen molar-refractivity contribution in [2.24, 2.45) is 0 Å². The molecule has 5 heteroatoms. The summed E-state index contributed by atoms with van der Waals surface area (Å²) in [6.07, 6.45) is 2.37. The lowest BCUT2D eigenvalue weighted by Crippen LogP contribution is -2.14. The number of aromatic nitrogens is 2. The molecule has 0 unspecified atom stereocenters. The lowest BCUT2D eigenvalue weighted by Gasteiger charge is -2.21. The number of nitrogens with one attached hydrogen (secondary N) is 1. The molecule has 0 bridgehead atoms. The molecule has 2 aromatic rings. The number of para-hydroxylation sites is 2. The van der Waals surface area contributed by atoms with Crippen LogP contribution in [0.1, 0.15) is 24.6 Å². The standard InChI is InChI=1S/C16H20N4O/c1-17-14-10-15(19-16(18-14)11-8-9-11)20(2)12-6-4-5-7-13(12)21-3/h4-7,10-11H,8-9H2,1-3H3,(H,17,18,19). The Balaban J connectivity index is 2.00. The van der Waals surface area contributed by atoms with E-state index in [-0.39, 0.29) is 0 Å². The predicted octanol–water partition coefficient (Wildman–Crippen LogP) is 3.17. The van der Waals surface area contributed by atoms with E-state index in [4.69, 9.17) is 9.72 Å². The zero-order valence-electron chi connectivity index (χ0n) is 12.6. The van der Waals surface area contributed by atoms with E-state index < -0.39 is 0 Å². The summed E-state index contributed by atoms with van der Waals surface area (Å²) in [7, 11) is 5.56. The van der Waals surface area contributed by atoms with E-state index in [0.29, 0.717) is 5.92 Å². The number of methoxy groups -OCH3 is 1. The van der Waals surface area contributed by atoms with Crippen molar-refractivity contribution in [2.75, 3.05) is 31.4 Å². The molecule has 21 heavy (non-hydrogen) atoms. The highest BCUT2D eigenvalue weighted by Crippen LogP contribution is 2.40. The first-order valence-corrected chi connectivity index (χ1v) is 7.16. The summed E-state index contributed by atoms with van der Waals surface area (Å²) in [5.41, 5.74) is 0.988. The average Bonchev–Trinajstić information content (AvgIpc) is 3.38. The maximum Gasteiger partial charge on any atom is 0.142 e. The van der Waals surface area contributed by atoms with Crippen LogP contribution in [-0.2, 0) is 0 Å². The molecule has 0 radical (unpaired) electrons. The number of hydrogen-bond donors (Lipinski definition) is 1. The lowest BCUT2D eigenvalue weighted by atomic mass is 10.2. The molecule has 1 aromatic heterocycles. The number of anilines is 3. The third kappa shape index (κ3) is 2.77. The van der Waals surface area contributed by atoms with Crippen LogP contribution in [0.25, 0.3) is 0 Å². The summed E-state index contributed by atoms with van der Waals surface area (Å²) >= 11 is 0. The zero-order valence-corrected chi connectivity index (χ0v) is 12.6. The molecule has 1 aliphatic rings. The molecule has 0 atom stereocenters. The van der Waals surface area contributed by atoms with Gasteiger partial charge in [0.05, 0.1) is 12.8 Å². The number of benzene rings is 1. The predicted molar refractivity (Wildman–Crippen MR) is 84.6 cm³/mol. The normalized spacial score (nSPS) is 13.9. The molecule has 110 valence electrons. The first-order valence-electron chi connectivity index (χ1n) is 7.16. The Morgan fingerprint density at radius 1 is 1.24 bits per heavy atom. The molecule has 1 aliphatic carbocycles. The van der Waals surface area contributed by atoms with Gasteiger partial charge in [0, 0.05) is 26.1 Å². The SMILES string of the molecule is CNc1cc(N(C)c2ccccc2OC)nc(C2CC2)n1. The highest BCUT2D eigenvalue weighted by atomic mass is 16.5. The Hall–Kier alpha value is -2.30. The summed E-state index contributed by atoms with van der Waals surface area (Å²) in [5, 5.41) is 3.12. The van der Waals surface area contributed by atoms with E-state index >= 15 is 0 Å². The third-order valence-corrected chi connectivity index (χ3v) is 3.72. The van der Waals surface area contributed by atoms with Gasteiger partial charge in [0.15, 0.2) is 0 Å². The fourth-order valence-electron chi connectivity index (χ4n) is 2.31. The van der Waals surface area contributed by atoms with Crippen LogP contribution in [0.5, 0.6) is 5.75 Å². The van der Waals surface area contributed by atoms with Gasteiger partial charge in [0.1, 0.15) is 23.2 Å². The smallest absolute Gasteiger partial charge is 0.142 e. The highest BCUT2D eigenvalue weighted by Gasteiger charge is 2.28. The second-order valence-electron chi connectivity index (χ2n) is 5.22. The van der Waals surface area contributed by atoms with Crippen LogP contribution in [0.4, 0.5) is 17.3 Å². The molecule has 0 amide bonds. The van der Waals surface area contributed by atoms with Gasteiger partial charge in [-0.3, -0.25) is 0 Å². The molecule has 3 rings (SSSR count). The fraction of sp³-hybridized carbons (Fsp3) is 0.375. The van der Waals surface area contributed by atoms with Gasteiger partial charge in [-0.1, -0.05) is 12.1 Å². The van der Waals surface area contributed by atoms with Crippen LogP contribution in [0.3, 0.4) is 0 Å². The van der Waals surface area contributed by atoms with Gasteiger partial charge in [0.2, 0.25) is 0 Å². The number of rotatable bonds is 5. The van der Waals surface area contributed by atoms with Gasteiger partial charge in [-0.2, -0.15) is 0 Å². The van der Waals surface area contributed by atoms with Crippen molar-refractivity contribution in [3.8, 4) is 5.75 Å². The first kappa shape index (κ1) is 13.7. The Kier molecular flexibility index (Phi) is 3.64. The van der Waals surface area contributed by atoms with E-state index in [0.717, 1.165) is 28.9 Å². The van der Waals surface area contributed by atoms with Crippen molar-refractivity contribution in [1.29, 1.82) is 0 Å². The van der Waals surface area contributed by atoms with E-state index in [1.165, 1.54) is 12.8 Å². The van der Waals surface area contributed by atoms with Crippen LogP contribution in [0, 0.1) is 0 Å². The van der Waals surface area contributed by atoms with Crippen molar-refractivity contribution < 1.29 is 4.74 Å². The molecule has 1 N–H and O–H groups in total. The van der Waals surface area contributed by atoms with E-state index in [1.54, 1.807) is 7.11 Å². The van der Waals surface area contributed by atoms with Gasteiger partial charge < -0.3 is 15.0 Å². The largest absolute Gasteiger partial charge is 0.495 e. The van der Waals surface area contributed by atoms with Gasteiger partial charge >= 0.3 is 0 Å². The second-order valence-corrected chi connectivity index (χ2v) is 5.22. The molecule has 1 heterocycles. The minimum absolute atomic E-state index is 0.517. The van der Waals surface area contributed by atoms with E-state index in [2.05, 4.69) is 10.3 Å².